The molecule has 0 atom stereocenters. The zero-order chi connectivity index (χ0) is 19.4. The Morgan fingerprint density at radius 1 is 1.04 bits per heavy atom. The molecule has 1 heterocycles. The summed E-state index contributed by atoms with van der Waals surface area (Å²) in [5.74, 6) is 0.685. The molecule has 2 N–H and O–H groups in total. The molecule has 0 aromatic heterocycles. The van der Waals surface area contributed by atoms with Crippen LogP contribution in [0, 0.1) is 11.8 Å². The first-order chi connectivity index (χ1) is 12.9. The van der Waals surface area contributed by atoms with E-state index in [1.807, 2.05) is 18.7 Å². The molecule has 6 heteroatoms. The molecule has 6 nitrogen and oxygen atoms in total. The number of benzene rings is 1. The third-order valence-electron chi connectivity index (χ3n) is 5.13. The van der Waals surface area contributed by atoms with E-state index in [-0.39, 0.29) is 29.7 Å². The van der Waals surface area contributed by atoms with E-state index in [0.717, 1.165) is 31.4 Å². The quantitative estimate of drug-likeness (QED) is 0.807. The van der Waals surface area contributed by atoms with Gasteiger partial charge in [-0.05, 0) is 55.9 Å². The van der Waals surface area contributed by atoms with Gasteiger partial charge in [-0.1, -0.05) is 13.8 Å². The zero-order valence-electron chi connectivity index (χ0n) is 16.2. The van der Waals surface area contributed by atoms with E-state index >= 15 is 0 Å². The first kappa shape index (κ1) is 19.4. The summed E-state index contributed by atoms with van der Waals surface area (Å²) in [6.07, 6.45) is 4.08. The number of rotatable bonds is 6. The van der Waals surface area contributed by atoms with E-state index in [2.05, 4.69) is 10.6 Å². The number of hydrogen-bond acceptors (Lipinski definition) is 3. The minimum Gasteiger partial charge on any atom is -0.349 e. The van der Waals surface area contributed by atoms with Gasteiger partial charge in [0.1, 0.15) is 0 Å². The average molecular weight is 371 g/mol. The molecule has 3 rings (SSSR count). The smallest absolute Gasteiger partial charge is 0.251 e. The summed E-state index contributed by atoms with van der Waals surface area (Å²) in [6.45, 7) is 5.49. The SMILES string of the molecule is CC(C)CC(=O)N1CCC(NC(=O)c2ccc(NC(=O)C3CC3)cc2)CC1. The summed E-state index contributed by atoms with van der Waals surface area (Å²) >= 11 is 0. The Bertz CT molecular complexity index is 687. The predicted octanol–water partition coefficient (Wildman–Crippen LogP) is 2.80. The van der Waals surface area contributed by atoms with Crippen LogP contribution in [0.2, 0.25) is 0 Å². The van der Waals surface area contributed by atoms with Gasteiger partial charge in [0.25, 0.3) is 5.91 Å². The molecule has 0 bridgehead atoms. The lowest BCUT2D eigenvalue weighted by molar-refractivity contribution is -0.133. The van der Waals surface area contributed by atoms with Crippen LogP contribution in [0.4, 0.5) is 5.69 Å². The molecule has 1 saturated heterocycles. The van der Waals surface area contributed by atoms with Crippen LogP contribution < -0.4 is 10.6 Å². The topological polar surface area (TPSA) is 78.5 Å². The fraction of sp³-hybridized carbons (Fsp3) is 0.571. The molecule has 0 unspecified atom stereocenters. The maximum atomic E-state index is 12.4. The van der Waals surface area contributed by atoms with Crippen LogP contribution >= 0.6 is 0 Å². The summed E-state index contributed by atoms with van der Waals surface area (Å²) in [7, 11) is 0. The third-order valence-corrected chi connectivity index (χ3v) is 5.13. The van der Waals surface area contributed by atoms with Gasteiger partial charge in [0.2, 0.25) is 11.8 Å². The standard InChI is InChI=1S/C21H29N3O3/c1-14(2)13-19(25)24-11-9-18(10-12-24)23-21(27)16-5-7-17(8-6-16)22-20(26)15-3-4-15/h5-8,14-15,18H,3-4,9-13H2,1-2H3,(H,22,26)(H,23,27). The number of hydrogen-bond donors (Lipinski definition) is 2. The molecular weight excluding hydrogens is 342 g/mol. The fourth-order valence-corrected chi connectivity index (χ4v) is 3.32. The summed E-state index contributed by atoms with van der Waals surface area (Å²) in [5.41, 5.74) is 1.30. The lowest BCUT2D eigenvalue weighted by atomic mass is 10.0. The van der Waals surface area contributed by atoms with E-state index in [1.165, 1.54) is 0 Å². The van der Waals surface area contributed by atoms with Crippen LogP contribution in [0.3, 0.4) is 0 Å². The maximum absolute atomic E-state index is 12.4. The lowest BCUT2D eigenvalue weighted by Crippen LogP contribution is -2.46. The van der Waals surface area contributed by atoms with Crippen LogP contribution in [0.15, 0.2) is 24.3 Å². The van der Waals surface area contributed by atoms with Crippen molar-refractivity contribution in [3.63, 3.8) is 0 Å². The fourth-order valence-electron chi connectivity index (χ4n) is 3.32. The summed E-state index contributed by atoms with van der Waals surface area (Å²) in [6, 6.07) is 7.10. The second-order valence-electron chi connectivity index (χ2n) is 8.07. The van der Waals surface area contributed by atoms with Crippen LogP contribution in [0.5, 0.6) is 0 Å². The molecule has 0 spiro atoms. The molecule has 1 saturated carbocycles. The maximum Gasteiger partial charge on any atom is 0.251 e. The molecule has 2 aliphatic rings. The number of carbonyl (C=O) groups is 3. The van der Waals surface area contributed by atoms with Crippen LogP contribution in [0.25, 0.3) is 0 Å². The van der Waals surface area contributed by atoms with Gasteiger partial charge in [-0.15, -0.1) is 0 Å². The second kappa shape index (κ2) is 8.55. The molecular formula is C21H29N3O3. The third kappa shape index (κ3) is 5.55. The Hall–Kier alpha value is -2.37. The number of nitrogens with one attached hydrogen (secondary N) is 2. The van der Waals surface area contributed by atoms with Crippen molar-refractivity contribution in [2.75, 3.05) is 18.4 Å². The summed E-state index contributed by atoms with van der Waals surface area (Å²) in [5, 5.41) is 5.93. The van der Waals surface area contributed by atoms with Crippen LogP contribution in [-0.4, -0.2) is 41.8 Å². The van der Waals surface area contributed by atoms with Crippen molar-refractivity contribution in [2.45, 2.75) is 52.0 Å². The van der Waals surface area contributed by atoms with E-state index in [0.29, 0.717) is 31.0 Å². The van der Waals surface area contributed by atoms with Gasteiger partial charge in [-0.2, -0.15) is 0 Å². The van der Waals surface area contributed by atoms with Gasteiger partial charge in [0.15, 0.2) is 0 Å². The van der Waals surface area contributed by atoms with Gasteiger partial charge in [-0.25, -0.2) is 0 Å². The van der Waals surface area contributed by atoms with Crippen molar-refractivity contribution in [3.05, 3.63) is 29.8 Å². The number of likely N-dealkylation sites (tertiary alicyclic amines) is 1. The minimum atomic E-state index is -0.109. The lowest BCUT2D eigenvalue weighted by Gasteiger charge is -2.32. The van der Waals surface area contributed by atoms with Gasteiger partial charge in [0.05, 0.1) is 0 Å². The second-order valence-corrected chi connectivity index (χ2v) is 8.07. The van der Waals surface area contributed by atoms with Crippen molar-refractivity contribution < 1.29 is 14.4 Å². The normalized spacial score (nSPS) is 17.7. The summed E-state index contributed by atoms with van der Waals surface area (Å²) < 4.78 is 0. The predicted molar refractivity (Wildman–Crippen MR) is 104 cm³/mol. The Morgan fingerprint density at radius 3 is 2.22 bits per heavy atom. The first-order valence-electron chi connectivity index (χ1n) is 9.92. The number of amides is 3. The molecule has 27 heavy (non-hydrogen) atoms. The van der Waals surface area contributed by atoms with Gasteiger partial charge in [-0.3, -0.25) is 14.4 Å². The Morgan fingerprint density at radius 2 is 1.67 bits per heavy atom. The molecule has 2 fully saturated rings. The van der Waals surface area contributed by atoms with Crippen molar-refractivity contribution in [2.24, 2.45) is 11.8 Å². The highest BCUT2D eigenvalue weighted by molar-refractivity contribution is 5.96. The highest BCUT2D eigenvalue weighted by Gasteiger charge is 2.29. The van der Waals surface area contributed by atoms with Crippen molar-refractivity contribution in [1.29, 1.82) is 0 Å². The molecule has 1 aromatic carbocycles. The molecule has 1 aromatic rings. The summed E-state index contributed by atoms with van der Waals surface area (Å²) in [4.78, 5) is 38.2. The van der Waals surface area contributed by atoms with Crippen LogP contribution in [0.1, 0.15) is 56.3 Å². The largest absolute Gasteiger partial charge is 0.349 e. The number of nitrogens with zero attached hydrogens (tertiary/aromatic N) is 1. The van der Waals surface area contributed by atoms with E-state index in [1.54, 1.807) is 24.3 Å². The monoisotopic (exact) mass is 371 g/mol. The molecule has 146 valence electrons. The molecule has 3 amide bonds. The molecule has 1 aliphatic carbocycles. The van der Waals surface area contributed by atoms with Gasteiger partial charge >= 0.3 is 0 Å². The van der Waals surface area contributed by atoms with E-state index < -0.39 is 0 Å². The van der Waals surface area contributed by atoms with Crippen LogP contribution in [-0.2, 0) is 9.59 Å². The van der Waals surface area contributed by atoms with Crippen molar-refractivity contribution >= 4 is 23.4 Å². The van der Waals surface area contributed by atoms with Gasteiger partial charge < -0.3 is 15.5 Å². The van der Waals surface area contributed by atoms with E-state index in [4.69, 9.17) is 0 Å². The first-order valence-corrected chi connectivity index (χ1v) is 9.92. The number of piperidine rings is 1. The number of carbonyl (C=O) groups excluding carboxylic acids is 3. The van der Waals surface area contributed by atoms with Gasteiger partial charge in [0, 0.05) is 42.7 Å². The highest BCUT2D eigenvalue weighted by atomic mass is 16.2. The average Bonchev–Trinajstić information content (AvgIpc) is 3.47. The number of anilines is 1. The molecule has 0 radical (unpaired) electrons. The molecule has 1 aliphatic heterocycles. The van der Waals surface area contributed by atoms with Crippen molar-refractivity contribution in [1.82, 2.24) is 10.2 Å². The minimum absolute atomic E-state index is 0.0611. The Balaban J connectivity index is 1.45. The van der Waals surface area contributed by atoms with Crippen molar-refractivity contribution in [3.8, 4) is 0 Å². The van der Waals surface area contributed by atoms with E-state index in [9.17, 15) is 14.4 Å². The zero-order valence-corrected chi connectivity index (χ0v) is 16.2. The highest BCUT2D eigenvalue weighted by Crippen LogP contribution is 2.30. The Kier molecular flexibility index (Phi) is 6.14. The Labute approximate surface area is 160 Å².